The minimum Gasteiger partial charge on any atom is -0.320 e. The molecule has 0 spiro atoms. The second-order valence-electron chi connectivity index (χ2n) is 5.42. The summed E-state index contributed by atoms with van der Waals surface area (Å²) < 4.78 is 0.857. The smallest absolute Gasteiger partial charge is 0.267 e. The molecule has 5 heteroatoms. The van der Waals surface area contributed by atoms with Gasteiger partial charge in [-0.1, -0.05) is 43.3 Å². The van der Waals surface area contributed by atoms with Crippen LogP contribution in [0.4, 0.5) is 5.69 Å². The Morgan fingerprint density at radius 3 is 2.54 bits per heavy atom. The predicted molar refractivity (Wildman–Crippen MR) is 104 cm³/mol. The maximum atomic E-state index is 12.6. The van der Waals surface area contributed by atoms with Crippen LogP contribution in [0.2, 0.25) is 0 Å². The first-order valence-corrected chi connectivity index (χ1v) is 9.32. The molecule has 3 rings (SSSR count). The van der Waals surface area contributed by atoms with Gasteiger partial charge in [0.1, 0.15) is 9.88 Å². The lowest BCUT2D eigenvalue weighted by Gasteiger charge is -2.05. The molecule has 0 bridgehead atoms. The molecule has 0 aliphatic rings. The summed E-state index contributed by atoms with van der Waals surface area (Å²) in [5.41, 5.74) is 3.84. The molecule has 0 atom stereocenters. The number of para-hydroxylation sites is 1. The molecular weight excluding hydrogens is 384 g/mol. The third-order valence-electron chi connectivity index (χ3n) is 3.73. The molecule has 24 heavy (non-hydrogen) atoms. The van der Waals surface area contributed by atoms with Gasteiger partial charge in [-0.15, -0.1) is 11.3 Å². The van der Waals surface area contributed by atoms with Crippen molar-refractivity contribution in [3.63, 3.8) is 0 Å². The highest BCUT2D eigenvalue weighted by molar-refractivity contribution is 9.10. The number of benzene rings is 2. The number of hydrogen-bond donors (Lipinski definition) is 1. The minimum absolute atomic E-state index is 0.131. The molecule has 0 aliphatic carbocycles. The first-order valence-electron chi connectivity index (χ1n) is 7.71. The molecule has 0 saturated carbocycles. The molecule has 1 amide bonds. The standard InChI is InChI=1S/C19H17BrN2OS/c1-3-13-8-10-14(11-9-13)19-21-12(2)17(24-19)18(23)22-16-7-5-4-6-15(16)20/h4-11H,3H2,1-2H3,(H,22,23). The second-order valence-corrected chi connectivity index (χ2v) is 7.27. The maximum absolute atomic E-state index is 12.6. The molecule has 0 fully saturated rings. The van der Waals surface area contributed by atoms with E-state index in [1.54, 1.807) is 0 Å². The molecule has 1 N–H and O–H groups in total. The number of carbonyl (C=O) groups is 1. The maximum Gasteiger partial charge on any atom is 0.267 e. The molecule has 1 aromatic heterocycles. The Morgan fingerprint density at radius 2 is 1.88 bits per heavy atom. The Hall–Kier alpha value is -1.98. The van der Waals surface area contributed by atoms with Crippen LogP contribution in [0.3, 0.4) is 0 Å². The molecule has 0 unspecified atom stereocenters. The first kappa shape index (κ1) is 16.9. The Bertz CT molecular complexity index is 871. The van der Waals surface area contributed by atoms with Gasteiger partial charge in [0.25, 0.3) is 5.91 Å². The van der Waals surface area contributed by atoms with E-state index in [4.69, 9.17) is 0 Å². The zero-order valence-corrected chi connectivity index (χ0v) is 15.9. The van der Waals surface area contributed by atoms with Crippen LogP contribution < -0.4 is 5.32 Å². The Kier molecular flexibility index (Phi) is 5.11. The number of rotatable bonds is 4. The highest BCUT2D eigenvalue weighted by Gasteiger charge is 2.17. The Morgan fingerprint density at radius 1 is 1.17 bits per heavy atom. The van der Waals surface area contributed by atoms with Gasteiger partial charge in [0, 0.05) is 10.0 Å². The lowest BCUT2D eigenvalue weighted by molar-refractivity contribution is 0.102. The fraction of sp³-hybridized carbons (Fsp3) is 0.158. The van der Waals surface area contributed by atoms with Gasteiger partial charge in [-0.2, -0.15) is 0 Å². The van der Waals surface area contributed by atoms with Crippen LogP contribution in [0.5, 0.6) is 0 Å². The van der Waals surface area contributed by atoms with Crippen LogP contribution in [0.1, 0.15) is 27.9 Å². The number of nitrogens with zero attached hydrogens (tertiary/aromatic N) is 1. The van der Waals surface area contributed by atoms with Crippen molar-refractivity contribution < 1.29 is 4.79 Å². The van der Waals surface area contributed by atoms with Gasteiger partial charge >= 0.3 is 0 Å². The number of thiazole rings is 1. The summed E-state index contributed by atoms with van der Waals surface area (Å²) in [6.45, 7) is 4.00. The SMILES string of the molecule is CCc1ccc(-c2nc(C)c(C(=O)Nc3ccccc3Br)s2)cc1. The van der Waals surface area contributed by atoms with Gasteiger partial charge in [0.2, 0.25) is 0 Å². The van der Waals surface area contributed by atoms with Gasteiger partial charge in [0.05, 0.1) is 11.4 Å². The van der Waals surface area contributed by atoms with E-state index in [0.717, 1.165) is 32.8 Å². The summed E-state index contributed by atoms with van der Waals surface area (Å²) in [5, 5.41) is 3.80. The number of halogens is 1. The van der Waals surface area contributed by atoms with E-state index in [0.29, 0.717) is 4.88 Å². The average Bonchev–Trinajstić information content (AvgIpc) is 2.99. The van der Waals surface area contributed by atoms with Crippen molar-refractivity contribution in [3.05, 3.63) is 69.1 Å². The van der Waals surface area contributed by atoms with E-state index in [9.17, 15) is 4.79 Å². The van der Waals surface area contributed by atoms with E-state index in [1.807, 2.05) is 31.2 Å². The van der Waals surface area contributed by atoms with Crippen LogP contribution in [0.25, 0.3) is 10.6 Å². The molecule has 3 aromatic rings. The van der Waals surface area contributed by atoms with E-state index in [-0.39, 0.29) is 5.91 Å². The van der Waals surface area contributed by atoms with Crippen LogP contribution >= 0.6 is 27.3 Å². The average molecular weight is 401 g/mol. The van der Waals surface area contributed by atoms with E-state index < -0.39 is 0 Å². The summed E-state index contributed by atoms with van der Waals surface area (Å²) in [5.74, 6) is -0.131. The molecule has 0 radical (unpaired) electrons. The van der Waals surface area contributed by atoms with Crippen LogP contribution in [0.15, 0.2) is 53.0 Å². The van der Waals surface area contributed by atoms with Gasteiger partial charge < -0.3 is 5.32 Å². The third kappa shape index (κ3) is 3.57. The van der Waals surface area contributed by atoms with Crippen molar-refractivity contribution in [3.8, 4) is 10.6 Å². The molecule has 2 aromatic carbocycles. The fourth-order valence-corrected chi connectivity index (χ4v) is 3.71. The molecule has 122 valence electrons. The lowest BCUT2D eigenvalue weighted by Crippen LogP contribution is -2.11. The number of aromatic nitrogens is 1. The quantitative estimate of drug-likeness (QED) is 0.610. The number of anilines is 1. The summed E-state index contributed by atoms with van der Waals surface area (Å²) in [6, 6.07) is 15.9. The number of aryl methyl sites for hydroxylation is 2. The summed E-state index contributed by atoms with van der Waals surface area (Å²) in [4.78, 5) is 17.8. The second kappa shape index (κ2) is 7.28. The third-order valence-corrected chi connectivity index (χ3v) is 5.63. The van der Waals surface area contributed by atoms with Crippen LogP contribution in [-0.4, -0.2) is 10.9 Å². The minimum atomic E-state index is -0.131. The van der Waals surface area contributed by atoms with Crippen LogP contribution in [-0.2, 0) is 6.42 Å². The Balaban J connectivity index is 1.85. The molecule has 0 aliphatic heterocycles. The molecule has 3 nitrogen and oxygen atoms in total. The number of amides is 1. The summed E-state index contributed by atoms with van der Waals surface area (Å²) in [7, 11) is 0. The van der Waals surface area contributed by atoms with Gasteiger partial charge in [-0.3, -0.25) is 4.79 Å². The van der Waals surface area contributed by atoms with Crippen molar-refractivity contribution in [2.75, 3.05) is 5.32 Å². The molecule has 0 saturated heterocycles. The fourth-order valence-electron chi connectivity index (χ4n) is 2.36. The number of hydrogen-bond acceptors (Lipinski definition) is 3. The summed E-state index contributed by atoms with van der Waals surface area (Å²) >= 11 is 4.87. The normalized spacial score (nSPS) is 10.6. The zero-order valence-electron chi connectivity index (χ0n) is 13.5. The lowest BCUT2D eigenvalue weighted by atomic mass is 10.1. The summed E-state index contributed by atoms with van der Waals surface area (Å²) in [6.07, 6.45) is 1.01. The van der Waals surface area contributed by atoms with Crippen molar-refractivity contribution in [2.45, 2.75) is 20.3 Å². The first-order chi connectivity index (χ1) is 11.6. The largest absolute Gasteiger partial charge is 0.320 e. The van der Waals surface area contributed by atoms with Crippen molar-refractivity contribution in [2.24, 2.45) is 0 Å². The number of nitrogens with one attached hydrogen (secondary N) is 1. The topological polar surface area (TPSA) is 42.0 Å². The van der Waals surface area contributed by atoms with Gasteiger partial charge in [0.15, 0.2) is 0 Å². The van der Waals surface area contributed by atoms with Crippen molar-refractivity contribution >= 4 is 38.9 Å². The molecular formula is C19H17BrN2OS. The van der Waals surface area contributed by atoms with Gasteiger partial charge in [-0.25, -0.2) is 4.98 Å². The van der Waals surface area contributed by atoms with Crippen molar-refractivity contribution in [1.82, 2.24) is 4.98 Å². The van der Waals surface area contributed by atoms with Crippen molar-refractivity contribution in [1.29, 1.82) is 0 Å². The highest BCUT2D eigenvalue weighted by Crippen LogP contribution is 2.29. The van der Waals surface area contributed by atoms with E-state index in [1.165, 1.54) is 16.9 Å². The number of carbonyl (C=O) groups excluding carboxylic acids is 1. The van der Waals surface area contributed by atoms with E-state index in [2.05, 4.69) is 57.4 Å². The van der Waals surface area contributed by atoms with E-state index >= 15 is 0 Å². The monoisotopic (exact) mass is 400 g/mol. The predicted octanol–water partition coefficient (Wildman–Crippen LogP) is 5.70. The highest BCUT2D eigenvalue weighted by atomic mass is 79.9. The molecule has 1 heterocycles. The van der Waals surface area contributed by atoms with Gasteiger partial charge in [-0.05, 0) is 47.0 Å². The van der Waals surface area contributed by atoms with Crippen LogP contribution in [0, 0.1) is 6.92 Å². The zero-order chi connectivity index (χ0) is 17.1. The Labute approximate surface area is 153 Å².